The first-order chi connectivity index (χ1) is 7.04. The molecule has 0 saturated heterocycles. The zero-order valence-electron chi connectivity index (χ0n) is 8.40. The van der Waals surface area contributed by atoms with Gasteiger partial charge in [0.15, 0.2) is 0 Å². The van der Waals surface area contributed by atoms with Gasteiger partial charge in [-0.3, -0.25) is 4.79 Å². The van der Waals surface area contributed by atoms with E-state index in [1.54, 1.807) is 6.92 Å². The predicted octanol–water partition coefficient (Wildman–Crippen LogP) is 1.58. The molecule has 0 radical (unpaired) electrons. The summed E-state index contributed by atoms with van der Waals surface area (Å²) in [5, 5.41) is 17.5. The Morgan fingerprint density at radius 2 is 2.20 bits per heavy atom. The highest BCUT2D eigenvalue weighted by molar-refractivity contribution is 5.69. The molecule has 0 fully saturated rings. The number of aliphatic hydroxyl groups is 1. The van der Waals surface area contributed by atoms with Crippen LogP contribution in [0.3, 0.4) is 0 Å². The van der Waals surface area contributed by atoms with E-state index in [4.69, 9.17) is 10.2 Å². The summed E-state index contributed by atoms with van der Waals surface area (Å²) >= 11 is 0. The van der Waals surface area contributed by atoms with Gasteiger partial charge >= 0.3 is 5.97 Å². The minimum atomic E-state index is -0.884. The maximum absolute atomic E-state index is 13.0. The van der Waals surface area contributed by atoms with Gasteiger partial charge in [0.05, 0.1) is 12.5 Å². The number of carboxylic acid groups (broad SMARTS) is 1. The second-order valence-electron chi connectivity index (χ2n) is 3.53. The van der Waals surface area contributed by atoms with E-state index in [0.29, 0.717) is 6.42 Å². The minimum absolute atomic E-state index is 0.199. The van der Waals surface area contributed by atoms with Crippen molar-refractivity contribution in [1.82, 2.24) is 0 Å². The van der Waals surface area contributed by atoms with Crippen molar-refractivity contribution in [3.05, 3.63) is 35.1 Å². The van der Waals surface area contributed by atoms with E-state index in [2.05, 4.69) is 0 Å². The Labute approximate surface area is 87.2 Å². The quantitative estimate of drug-likeness (QED) is 0.796. The largest absolute Gasteiger partial charge is 0.481 e. The Hall–Kier alpha value is -1.42. The molecule has 0 aliphatic rings. The molecule has 4 heteroatoms. The third kappa shape index (κ3) is 3.02. The fourth-order valence-electron chi connectivity index (χ4n) is 1.32. The van der Waals surface area contributed by atoms with Gasteiger partial charge in [0.1, 0.15) is 5.82 Å². The van der Waals surface area contributed by atoms with Gasteiger partial charge in [-0.1, -0.05) is 19.1 Å². The van der Waals surface area contributed by atoms with Crippen molar-refractivity contribution in [3.63, 3.8) is 0 Å². The van der Waals surface area contributed by atoms with E-state index in [1.165, 1.54) is 18.2 Å². The Balaban J connectivity index is 2.83. The standard InChI is InChI=1S/C11H13FO3/c1-7(11(14)15)4-8-2-3-10(12)9(5-8)6-13/h2-3,5,7,13H,4,6H2,1H3,(H,14,15). The van der Waals surface area contributed by atoms with Crippen LogP contribution in [0.4, 0.5) is 4.39 Å². The number of benzene rings is 1. The maximum atomic E-state index is 13.0. The zero-order valence-corrected chi connectivity index (χ0v) is 8.40. The van der Waals surface area contributed by atoms with Gasteiger partial charge in [-0.2, -0.15) is 0 Å². The Morgan fingerprint density at radius 1 is 1.53 bits per heavy atom. The van der Waals surface area contributed by atoms with Gasteiger partial charge < -0.3 is 10.2 Å². The molecule has 0 amide bonds. The van der Waals surface area contributed by atoms with E-state index < -0.39 is 17.7 Å². The number of aliphatic hydroxyl groups excluding tert-OH is 1. The molecule has 1 aromatic carbocycles. The summed E-state index contributed by atoms with van der Waals surface area (Å²) in [5.41, 5.74) is 0.917. The lowest BCUT2D eigenvalue weighted by molar-refractivity contribution is -0.141. The number of carboxylic acids is 1. The van der Waals surface area contributed by atoms with E-state index in [9.17, 15) is 9.18 Å². The number of hydrogen-bond donors (Lipinski definition) is 2. The number of carbonyl (C=O) groups is 1. The normalized spacial score (nSPS) is 12.5. The molecule has 0 aliphatic carbocycles. The first kappa shape index (κ1) is 11.7. The summed E-state index contributed by atoms with van der Waals surface area (Å²) in [5.74, 6) is -1.86. The van der Waals surface area contributed by atoms with Crippen LogP contribution in [0.25, 0.3) is 0 Å². The number of hydrogen-bond acceptors (Lipinski definition) is 2. The molecule has 2 N–H and O–H groups in total. The molecule has 3 nitrogen and oxygen atoms in total. The van der Waals surface area contributed by atoms with Gasteiger partial charge in [-0.25, -0.2) is 4.39 Å². The first-order valence-electron chi connectivity index (χ1n) is 4.65. The van der Waals surface area contributed by atoms with Crippen LogP contribution < -0.4 is 0 Å². The summed E-state index contributed by atoms with van der Waals surface area (Å²) in [6.07, 6.45) is 0.336. The average molecular weight is 212 g/mol. The van der Waals surface area contributed by atoms with Gasteiger partial charge in [-0.15, -0.1) is 0 Å². The van der Waals surface area contributed by atoms with E-state index in [1.807, 2.05) is 0 Å². The lowest BCUT2D eigenvalue weighted by Gasteiger charge is -2.07. The fourth-order valence-corrected chi connectivity index (χ4v) is 1.32. The number of rotatable bonds is 4. The zero-order chi connectivity index (χ0) is 11.4. The highest BCUT2D eigenvalue weighted by Crippen LogP contribution is 2.14. The van der Waals surface area contributed by atoms with Gasteiger partial charge in [-0.05, 0) is 18.1 Å². The summed E-state index contributed by atoms with van der Waals surface area (Å²) in [7, 11) is 0. The minimum Gasteiger partial charge on any atom is -0.481 e. The van der Waals surface area contributed by atoms with Crippen LogP contribution in [0.5, 0.6) is 0 Å². The molecule has 0 saturated carbocycles. The molecule has 0 spiro atoms. The van der Waals surface area contributed by atoms with Crippen LogP contribution in [0.15, 0.2) is 18.2 Å². The third-order valence-corrected chi connectivity index (χ3v) is 2.24. The van der Waals surface area contributed by atoms with Crippen LogP contribution in [0.1, 0.15) is 18.1 Å². The maximum Gasteiger partial charge on any atom is 0.306 e. The second kappa shape index (κ2) is 4.89. The molecular weight excluding hydrogens is 199 g/mol. The second-order valence-corrected chi connectivity index (χ2v) is 3.53. The Bertz CT molecular complexity index is 363. The molecule has 82 valence electrons. The number of aliphatic carboxylic acids is 1. The molecule has 1 rings (SSSR count). The van der Waals surface area contributed by atoms with Crippen molar-refractivity contribution in [2.45, 2.75) is 20.0 Å². The van der Waals surface area contributed by atoms with Crippen LogP contribution in [0.2, 0.25) is 0 Å². The lowest BCUT2D eigenvalue weighted by atomic mass is 9.99. The summed E-state index contributed by atoms with van der Waals surface area (Å²) in [4.78, 5) is 10.6. The molecular formula is C11H13FO3. The van der Waals surface area contributed by atoms with Crippen LogP contribution >= 0.6 is 0 Å². The SMILES string of the molecule is CC(Cc1ccc(F)c(CO)c1)C(=O)O. The number of halogens is 1. The molecule has 1 unspecified atom stereocenters. The summed E-state index contributed by atoms with van der Waals surface area (Å²) < 4.78 is 13.0. The smallest absolute Gasteiger partial charge is 0.306 e. The molecule has 1 aromatic rings. The highest BCUT2D eigenvalue weighted by atomic mass is 19.1. The third-order valence-electron chi connectivity index (χ3n) is 2.24. The van der Waals surface area contributed by atoms with Crippen molar-refractivity contribution in [3.8, 4) is 0 Å². The van der Waals surface area contributed by atoms with E-state index >= 15 is 0 Å². The molecule has 0 aromatic heterocycles. The Morgan fingerprint density at radius 3 is 2.73 bits per heavy atom. The topological polar surface area (TPSA) is 57.5 Å². The Kier molecular flexibility index (Phi) is 3.80. The van der Waals surface area contributed by atoms with Crippen LogP contribution in [-0.4, -0.2) is 16.2 Å². The van der Waals surface area contributed by atoms with Gasteiger partial charge in [0, 0.05) is 5.56 Å². The fraction of sp³-hybridized carbons (Fsp3) is 0.364. The molecule has 0 bridgehead atoms. The summed E-state index contributed by atoms with van der Waals surface area (Å²) in [6, 6.07) is 4.28. The van der Waals surface area contributed by atoms with Crippen LogP contribution in [0, 0.1) is 11.7 Å². The van der Waals surface area contributed by atoms with Crippen molar-refractivity contribution in [2.75, 3.05) is 0 Å². The van der Waals surface area contributed by atoms with Crippen molar-refractivity contribution < 1.29 is 19.4 Å². The van der Waals surface area contributed by atoms with Gasteiger partial charge in [0.2, 0.25) is 0 Å². The predicted molar refractivity (Wildman–Crippen MR) is 52.8 cm³/mol. The van der Waals surface area contributed by atoms with E-state index in [0.717, 1.165) is 5.56 Å². The molecule has 0 aliphatic heterocycles. The molecule has 0 heterocycles. The molecule has 15 heavy (non-hydrogen) atoms. The monoisotopic (exact) mass is 212 g/mol. The van der Waals surface area contributed by atoms with E-state index in [-0.39, 0.29) is 12.2 Å². The summed E-state index contributed by atoms with van der Waals surface area (Å²) in [6.45, 7) is 1.21. The van der Waals surface area contributed by atoms with Gasteiger partial charge in [0.25, 0.3) is 0 Å². The van der Waals surface area contributed by atoms with Crippen LogP contribution in [-0.2, 0) is 17.8 Å². The van der Waals surface area contributed by atoms with Crippen molar-refractivity contribution in [1.29, 1.82) is 0 Å². The lowest BCUT2D eigenvalue weighted by Crippen LogP contribution is -2.12. The van der Waals surface area contributed by atoms with Crippen molar-refractivity contribution in [2.24, 2.45) is 5.92 Å². The molecule has 1 atom stereocenters. The highest BCUT2D eigenvalue weighted by Gasteiger charge is 2.12. The average Bonchev–Trinajstić information content (AvgIpc) is 2.20. The first-order valence-corrected chi connectivity index (χ1v) is 4.65. The van der Waals surface area contributed by atoms with Crippen molar-refractivity contribution >= 4 is 5.97 Å².